The molecule has 0 fully saturated rings. The van der Waals surface area contributed by atoms with Crippen molar-refractivity contribution in [2.75, 3.05) is 0 Å². The lowest BCUT2D eigenvalue weighted by Crippen LogP contribution is -2.95. The van der Waals surface area contributed by atoms with Crippen LogP contribution in [-0.4, -0.2) is 17.0 Å². The van der Waals surface area contributed by atoms with Crippen LogP contribution >= 0.6 is 23.2 Å². The van der Waals surface area contributed by atoms with Crippen molar-refractivity contribution in [2.24, 2.45) is 0 Å². The summed E-state index contributed by atoms with van der Waals surface area (Å²) >= 11 is 12.2. The zero-order valence-corrected chi connectivity index (χ0v) is 14.1. The normalized spacial score (nSPS) is 20.1. The van der Waals surface area contributed by atoms with E-state index in [2.05, 4.69) is 4.98 Å². The number of aliphatic carboxylic acids is 1. The van der Waals surface area contributed by atoms with Gasteiger partial charge in [0, 0.05) is 22.9 Å². The Bertz CT molecular complexity index is 951. The molecule has 1 aliphatic heterocycles. The number of H-pyrrole nitrogens is 1. The number of rotatable bonds is 2. The molecule has 0 amide bonds. The Hall–Kier alpha value is -2.01. The van der Waals surface area contributed by atoms with Gasteiger partial charge >= 0.3 is 0 Å². The number of halogens is 2. The van der Waals surface area contributed by atoms with E-state index in [0.29, 0.717) is 16.5 Å². The Morgan fingerprint density at radius 3 is 2.71 bits per heavy atom. The second-order valence-corrected chi connectivity index (χ2v) is 6.85. The summed E-state index contributed by atoms with van der Waals surface area (Å²) in [6, 6.07) is 12.5. The van der Waals surface area contributed by atoms with Crippen molar-refractivity contribution in [3.8, 4) is 0 Å². The number of carboxylic acids is 1. The van der Waals surface area contributed by atoms with Gasteiger partial charge in [0.05, 0.1) is 21.7 Å². The summed E-state index contributed by atoms with van der Waals surface area (Å²) in [5.41, 5.74) is 3.94. The van der Waals surface area contributed by atoms with Gasteiger partial charge in [0.25, 0.3) is 0 Å². The number of carbonyl (C=O) groups excluding carboxylic acids is 1. The lowest BCUT2D eigenvalue weighted by molar-refractivity contribution is -0.717. The molecule has 0 saturated heterocycles. The Morgan fingerprint density at radius 1 is 1.17 bits per heavy atom. The molecule has 0 aliphatic carbocycles. The maximum absolute atomic E-state index is 11.5. The van der Waals surface area contributed by atoms with Gasteiger partial charge < -0.3 is 20.2 Å². The van der Waals surface area contributed by atoms with Crippen molar-refractivity contribution in [3.63, 3.8) is 0 Å². The topological polar surface area (TPSA) is 72.5 Å². The molecule has 2 aromatic carbocycles. The average Bonchev–Trinajstić information content (AvgIpc) is 2.95. The first-order chi connectivity index (χ1) is 11.5. The number of carboxylic acid groups (broad SMARTS) is 1. The molecule has 4 rings (SSSR count). The van der Waals surface area contributed by atoms with Crippen molar-refractivity contribution in [1.82, 2.24) is 4.98 Å². The molecule has 0 unspecified atom stereocenters. The number of aromatic amines is 1. The van der Waals surface area contributed by atoms with E-state index in [1.807, 2.05) is 35.6 Å². The fourth-order valence-corrected chi connectivity index (χ4v) is 3.77. The van der Waals surface area contributed by atoms with Gasteiger partial charge in [-0.2, -0.15) is 0 Å². The Kier molecular flexibility index (Phi) is 3.76. The van der Waals surface area contributed by atoms with Crippen LogP contribution in [0.25, 0.3) is 10.9 Å². The molecule has 122 valence electrons. The number of carbonyl (C=O) groups is 1. The fraction of sp³-hybridized carbons (Fsp3) is 0.167. The van der Waals surface area contributed by atoms with Gasteiger partial charge in [-0.25, -0.2) is 0 Å². The average molecular weight is 361 g/mol. The number of quaternary nitrogens is 1. The van der Waals surface area contributed by atoms with Gasteiger partial charge in [0.15, 0.2) is 6.04 Å². The van der Waals surface area contributed by atoms with Gasteiger partial charge in [0.2, 0.25) is 0 Å². The monoisotopic (exact) mass is 360 g/mol. The molecule has 6 heteroatoms. The molecular weight excluding hydrogens is 347 g/mol. The first-order valence-electron chi connectivity index (χ1n) is 7.65. The lowest BCUT2D eigenvalue weighted by Gasteiger charge is -2.29. The molecule has 0 saturated carbocycles. The molecule has 3 N–H and O–H groups in total. The van der Waals surface area contributed by atoms with Crippen molar-refractivity contribution < 1.29 is 15.2 Å². The molecular formula is C18H14Cl2N2O2. The maximum Gasteiger partial charge on any atom is 0.153 e. The van der Waals surface area contributed by atoms with Crippen LogP contribution in [0.2, 0.25) is 10.0 Å². The predicted molar refractivity (Wildman–Crippen MR) is 91.0 cm³/mol. The molecule has 4 nitrogen and oxygen atoms in total. The van der Waals surface area contributed by atoms with Crippen molar-refractivity contribution >= 4 is 40.1 Å². The smallest absolute Gasteiger partial charge is 0.153 e. The standard InChI is InChI=1S/C18H14Cl2N2O2/c19-12-6-5-9(7-13(12)20)16-17-11(8-15(22-16)18(23)24)10-3-1-2-4-14(10)21-17/h1-7,15-16,21-22H,8H2,(H,23,24)/t15-,16-/m1/s1. The van der Waals surface area contributed by atoms with Gasteiger partial charge in [-0.05, 0) is 23.8 Å². The van der Waals surface area contributed by atoms with Crippen LogP contribution < -0.4 is 10.4 Å². The predicted octanol–water partition coefficient (Wildman–Crippen LogP) is 1.80. The highest BCUT2D eigenvalue weighted by Gasteiger charge is 2.34. The van der Waals surface area contributed by atoms with E-state index in [-0.39, 0.29) is 6.04 Å². The number of hydrogen-bond acceptors (Lipinski definition) is 2. The number of hydrogen-bond donors (Lipinski definition) is 2. The third kappa shape index (κ3) is 2.47. The van der Waals surface area contributed by atoms with E-state index in [0.717, 1.165) is 27.7 Å². The summed E-state index contributed by atoms with van der Waals surface area (Å²) in [5.74, 6) is -1.06. The van der Waals surface area contributed by atoms with Crippen LogP contribution in [0.3, 0.4) is 0 Å². The first kappa shape index (κ1) is 15.5. The van der Waals surface area contributed by atoms with Crippen molar-refractivity contribution in [2.45, 2.75) is 18.5 Å². The number of nitrogens with one attached hydrogen (secondary N) is 1. The van der Waals surface area contributed by atoms with Crippen LogP contribution in [0.4, 0.5) is 0 Å². The Labute approximate surface area is 148 Å². The molecule has 0 radical (unpaired) electrons. The number of aromatic nitrogens is 1. The van der Waals surface area contributed by atoms with E-state index in [4.69, 9.17) is 23.2 Å². The highest BCUT2D eigenvalue weighted by atomic mass is 35.5. The number of benzene rings is 2. The van der Waals surface area contributed by atoms with Crippen molar-refractivity contribution in [3.05, 3.63) is 69.3 Å². The minimum Gasteiger partial charge on any atom is -0.544 e. The van der Waals surface area contributed by atoms with Gasteiger partial charge in [0.1, 0.15) is 6.04 Å². The maximum atomic E-state index is 11.5. The van der Waals surface area contributed by atoms with Gasteiger partial charge in [-0.3, -0.25) is 0 Å². The summed E-state index contributed by atoms with van der Waals surface area (Å²) in [6.45, 7) is 0. The number of para-hydroxylation sites is 1. The van der Waals surface area contributed by atoms with Crippen LogP contribution in [0.1, 0.15) is 22.9 Å². The Morgan fingerprint density at radius 2 is 1.96 bits per heavy atom. The molecule has 3 aromatic rings. The summed E-state index contributed by atoms with van der Waals surface area (Å²) in [6.07, 6.45) is 0.430. The summed E-state index contributed by atoms with van der Waals surface area (Å²) < 4.78 is 0. The van der Waals surface area contributed by atoms with Gasteiger partial charge in [-0.1, -0.05) is 47.5 Å². The second-order valence-electron chi connectivity index (χ2n) is 6.04. The summed E-state index contributed by atoms with van der Waals surface area (Å²) in [7, 11) is 0. The SMILES string of the molecule is O=C([O-])[C@H]1Cc2c([nH]c3ccccc23)[C@@H](c2ccc(Cl)c(Cl)c2)[NH2+]1. The van der Waals surface area contributed by atoms with Crippen LogP contribution in [0, 0.1) is 0 Å². The molecule has 2 heterocycles. The summed E-state index contributed by atoms with van der Waals surface area (Å²) in [4.78, 5) is 15.0. The van der Waals surface area contributed by atoms with E-state index < -0.39 is 12.0 Å². The molecule has 1 aromatic heterocycles. The van der Waals surface area contributed by atoms with Crippen LogP contribution in [-0.2, 0) is 11.2 Å². The zero-order chi connectivity index (χ0) is 16.8. The van der Waals surface area contributed by atoms with Gasteiger partial charge in [-0.15, -0.1) is 0 Å². The Balaban J connectivity index is 1.90. The van der Waals surface area contributed by atoms with Crippen molar-refractivity contribution in [1.29, 1.82) is 0 Å². The third-order valence-electron chi connectivity index (χ3n) is 4.61. The van der Waals surface area contributed by atoms with Crippen LogP contribution in [0.5, 0.6) is 0 Å². The third-order valence-corrected chi connectivity index (χ3v) is 5.35. The highest BCUT2D eigenvalue weighted by Crippen LogP contribution is 2.33. The molecule has 0 spiro atoms. The number of fused-ring (bicyclic) bond motifs is 3. The minimum atomic E-state index is -1.06. The molecule has 2 atom stereocenters. The van der Waals surface area contributed by atoms with E-state index >= 15 is 0 Å². The van der Waals surface area contributed by atoms with E-state index in [9.17, 15) is 9.90 Å². The molecule has 0 bridgehead atoms. The number of nitrogens with two attached hydrogens (primary N) is 1. The highest BCUT2D eigenvalue weighted by molar-refractivity contribution is 6.42. The zero-order valence-electron chi connectivity index (χ0n) is 12.6. The quantitative estimate of drug-likeness (QED) is 0.731. The van der Waals surface area contributed by atoms with E-state index in [1.165, 1.54) is 0 Å². The lowest BCUT2D eigenvalue weighted by atomic mass is 9.90. The minimum absolute atomic E-state index is 0.196. The molecule has 1 aliphatic rings. The van der Waals surface area contributed by atoms with Crippen LogP contribution in [0.15, 0.2) is 42.5 Å². The molecule has 24 heavy (non-hydrogen) atoms. The van der Waals surface area contributed by atoms with E-state index in [1.54, 1.807) is 12.1 Å². The second kappa shape index (κ2) is 5.81. The largest absolute Gasteiger partial charge is 0.544 e. The fourth-order valence-electron chi connectivity index (χ4n) is 3.47. The summed E-state index contributed by atoms with van der Waals surface area (Å²) in [5, 5.41) is 15.3. The first-order valence-corrected chi connectivity index (χ1v) is 8.40.